The van der Waals surface area contributed by atoms with Crippen LogP contribution < -0.4 is 5.32 Å². The molecule has 2 nitrogen and oxygen atoms in total. The number of nitrogens with one attached hydrogen (secondary N) is 1. The highest BCUT2D eigenvalue weighted by atomic mass is 35.5. The van der Waals surface area contributed by atoms with Gasteiger partial charge < -0.3 is 5.32 Å². The van der Waals surface area contributed by atoms with Crippen LogP contribution in [-0.4, -0.2) is 31.6 Å². The number of nitrogens with zero attached hydrogens (tertiary/aromatic N) is 1. The first-order valence-corrected chi connectivity index (χ1v) is 7.57. The Labute approximate surface area is 125 Å². The molecule has 1 fully saturated rings. The molecule has 0 amide bonds. The quantitative estimate of drug-likeness (QED) is 0.931. The topological polar surface area (TPSA) is 15.3 Å². The normalized spacial score (nSPS) is 19.7. The molecule has 3 rings (SSSR count). The number of likely N-dealkylation sites (tertiary alicyclic amines) is 1. The summed E-state index contributed by atoms with van der Waals surface area (Å²) >= 11 is 1.87. The van der Waals surface area contributed by atoms with Crippen LogP contribution in [0.25, 0.3) is 10.1 Å². The van der Waals surface area contributed by atoms with Crippen LogP contribution in [0.1, 0.15) is 12.0 Å². The van der Waals surface area contributed by atoms with Gasteiger partial charge in [-0.05, 0) is 54.9 Å². The average Bonchev–Trinajstić information content (AvgIpc) is 2.99. The number of halogens is 1. The summed E-state index contributed by atoms with van der Waals surface area (Å²) in [5.41, 5.74) is 1.50. The van der Waals surface area contributed by atoms with E-state index in [1.165, 1.54) is 35.2 Å². The number of fused-ring (bicyclic) bond motifs is 1. The summed E-state index contributed by atoms with van der Waals surface area (Å²) in [4.78, 5) is 2.59. The van der Waals surface area contributed by atoms with Crippen molar-refractivity contribution < 1.29 is 0 Å². The van der Waals surface area contributed by atoms with Crippen LogP contribution in [-0.2, 0) is 6.54 Å². The van der Waals surface area contributed by atoms with Crippen molar-refractivity contribution in [1.29, 1.82) is 0 Å². The minimum atomic E-state index is 0. The number of benzene rings is 1. The molecule has 104 valence electrons. The predicted octanol–water partition coefficient (Wildman–Crippen LogP) is 3.36. The smallest absolute Gasteiger partial charge is 0.0346 e. The second-order valence-electron chi connectivity index (χ2n) is 5.20. The molecule has 1 atom stereocenters. The molecule has 0 bridgehead atoms. The molecule has 1 aliphatic rings. The van der Waals surface area contributed by atoms with Gasteiger partial charge in [0.2, 0.25) is 0 Å². The van der Waals surface area contributed by atoms with Crippen LogP contribution in [0.15, 0.2) is 29.6 Å². The Kier molecular flexibility index (Phi) is 5.22. The molecule has 0 radical (unpaired) electrons. The number of hydrogen-bond donors (Lipinski definition) is 1. The first-order valence-electron chi connectivity index (χ1n) is 6.69. The van der Waals surface area contributed by atoms with Gasteiger partial charge in [0.15, 0.2) is 0 Å². The maximum Gasteiger partial charge on any atom is 0.0346 e. The summed E-state index contributed by atoms with van der Waals surface area (Å²) in [5.74, 6) is 0.833. The highest BCUT2D eigenvalue weighted by Crippen LogP contribution is 2.28. The van der Waals surface area contributed by atoms with Crippen LogP contribution >= 0.6 is 23.7 Å². The van der Waals surface area contributed by atoms with Crippen LogP contribution in [0.3, 0.4) is 0 Å². The van der Waals surface area contributed by atoms with E-state index in [0.29, 0.717) is 0 Å². The van der Waals surface area contributed by atoms with E-state index < -0.39 is 0 Å². The van der Waals surface area contributed by atoms with Gasteiger partial charge in [-0.3, -0.25) is 4.90 Å². The van der Waals surface area contributed by atoms with Crippen LogP contribution in [0.2, 0.25) is 0 Å². The summed E-state index contributed by atoms with van der Waals surface area (Å²) in [6.45, 7) is 4.76. The standard InChI is InChI=1S/C15H20N2S.ClH/c1-16-8-12-6-7-17(9-12)10-13-11-18-15-5-3-2-4-14(13)15;/h2-5,11-12,16H,6-10H2,1H3;1H. The van der Waals surface area contributed by atoms with Crippen molar-refractivity contribution in [1.82, 2.24) is 10.2 Å². The van der Waals surface area contributed by atoms with E-state index in [0.717, 1.165) is 19.0 Å². The van der Waals surface area contributed by atoms with Crippen molar-refractivity contribution in [2.75, 3.05) is 26.7 Å². The maximum absolute atomic E-state index is 3.29. The van der Waals surface area contributed by atoms with Crippen LogP contribution in [0, 0.1) is 5.92 Å². The molecule has 1 unspecified atom stereocenters. The Morgan fingerprint density at radius 1 is 1.37 bits per heavy atom. The number of rotatable bonds is 4. The fraction of sp³-hybridized carbons (Fsp3) is 0.467. The van der Waals surface area contributed by atoms with E-state index in [9.17, 15) is 0 Å². The molecule has 1 N–H and O–H groups in total. The van der Waals surface area contributed by atoms with E-state index in [2.05, 4.69) is 46.9 Å². The lowest BCUT2D eigenvalue weighted by atomic mass is 10.1. The highest BCUT2D eigenvalue weighted by molar-refractivity contribution is 7.17. The van der Waals surface area contributed by atoms with Crippen LogP contribution in [0.5, 0.6) is 0 Å². The average molecular weight is 297 g/mol. The van der Waals surface area contributed by atoms with E-state index >= 15 is 0 Å². The third-order valence-corrected chi connectivity index (χ3v) is 4.83. The Hall–Kier alpha value is -0.610. The molecular weight excluding hydrogens is 276 g/mol. The fourth-order valence-electron chi connectivity index (χ4n) is 2.91. The van der Waals surface area contributed by atoms with E-state index in [4.69, 9.17) is 0 Å². The molecule has 19 heavy (non-hydrogen) atoms. The highest BCUT2D eigenvalue weighted by Gasteiger charge is 2.22. The largest absolute Gasteiger partial charge is 0.319 e. The monoisotopic (exact) mass is 296 g/mol. The Bertz CT molecular complexity index is 526. The third kappa shape index (κ3) is 3.29. The van der Waals surface area contributed by atoms with Gasteiger partial charge in [-0.2, -0.15) is 0 Å². The molecule has 1 aliphatic heterocycles. The maximum atomic E-state index is 3.29. The van der Waals surface area contributed by atoms with Gasteiger partial charge in [-0.15, -0.1) is 23.7 Å². The van der Waals surface area contributed by atoms with Gasteiger partial charge in [-0.25, -0.2) is 0 Å². The van der Waals surface area contributed by atoms with Gasteiger partial charge in [0.25, 0.3) is 0 Å². The van der Waals surface area contributed by atoms with Crippen LogP contribution in [0.4, 0.5) is 0 Å². The predicted molar refractivity (Wildman–Crippen MR) is 86.4 cm³/mol. The molecule has 0 saturated carbocycles. The summed E-state index contributed by atoms with van der Waals surface area (Å²) < 4.78 is 1.42. The fourth-order valence-corrected chi connectivity index (χ4v) is 3.86. The van der Waals surface area contributed by atoms with Gasteiger partial charge in [0.1, 0.15) is 0 Å². The Morgan fingerprint density at radius 3 is 3.05 bits per heavy atom. The third-order valence-electron chi connectivity index (χ3n) is 3.82. The van der Waals surface area contributed by atoms with E-state index in [-0.39, 0.29) is 12.4 Å². The SMILES string of the molecule is CNCC1CCN(Cc2csc3ccccc23)C1.Cl. The Balaban J connectivity index is 0.00000133. The van der Waals surface area contributed by atoms with E-state index in [1.807, 2.05) is 11.3 Å². The van der Waals surface area contributed by atoms with Crippen molar-refractivity contribution in [3.63, 3.8) is 0 Å². The zero-order valence-electron chi connectivity index (χ0n) is 11.3. The Morgan fingerprint density at radius 2 is 2.21 bits per heavy atom. The second-order valence-corrected chi connectivity index (χ2v) is 6.12. The lowest BCUT2D eigenvalue weighted by Crippen LogP contribution is -2.24. The lowest BCUT2D eigenvalue weighted by molar-refractivity contribution is 0.317. The molecule has 0 aliphatic carbocycles. The van der Waals surface area contributed by atoms with Gasteiger partial charge in [-0.1, -0.05) is 18.2 Å². The summed E-state index contributed by atoms with van der Waals surface area (Å²) in [7, 11) is 2.05. The van der Waals surface area contributed by atoms with Crippen molar-refractivity contribution in [3.8, 4) is 0 Å². The van der Waals surface area contributed by atoms with Crippen molar-refractivity contribution >= 4 is 33.8 Å². The molecule has 1 saturated heterocycles. The lowest BCUT2D eigenvalue weighted by Gasteiger charge is -2.15. The summed E-state index contributed by atoms with van der Waals surface area (Å²) in [5, 5.41) is 7.07. The first kappa shape index (κ1) is 14.8. The van der Waals surface area contributed by atoms with E-state index in [1.54, 1.807) is 0 Å². The summed E-state index contributed by atoms with van der Waals surface area (Å²) in [6, 6.07) is 8.74. The molecule has 1 aromatic carbocycles. The first-order chi connectivity index (χ1) is 8.86. The second kappa shape index (κ2) is 6.71. The minimum absolute atomic E-state index is 0. The molecule has 4 heteroatoms. The van der Waals surface area contributed by atoms with Crippen molar-refractivity contribution in [2.24, 2.45) is 5.92 Å². The van der Waals surface area contributed by atoms with Gasteiger partial charge >= 0.3 is 0 Å². The van der Waals surface area contributed by atoms with Gasteiger partial charge in [0.05, 0.1) is 0 Å². The van der Waals surface area contributed by atoms with Gasteiger partial charge in [0, 0.05) is 17.8 Å². The molecule has 2 aromatic rings. The minimum Gasteiger partial charge on any atom is -0.319 e. The van der Waals surface area contributed by atoms with Crippen molar-refractivity contribution in [3.05, 3.63) is 35.2 Å². The number of thiophene rings is 1. The van der Waals surface area contributed by atoms with Crippen molar-refractivity contribution in [2.45, 2.75) is 13.0 Å². The summed E-state index contributed by atoms with van der Waals surface area (Å²) in [6.07, 6.45) is 1.34. The molecule has 1 aromatic heterocycles. The zero-order chi connectivity index (χ0) is 12.4. The molecular formula is C15H21ClN2S. The molecule has 0 spiro atoms. The molecule has 2 heterocycles. The number of hydrogen-bond acceptors (Lipinski definition) is 3. The zero-order valence-corrected chi connectivity index (χ0v) is 12.9.